The summed E-state index contributed by atoms with van der Waals surface area (Å²) in [7, 11) is 3.48. The first-order chi connectivity index (χ1) is 9.76. The molecule has 0 atom stereocenters. The highest BCUT2D eigenvalue weighted by molar-refractivity contribution is 5.49. The molecule has 0 bridgehead atoms. The summed E-state index contributed by atoms with van der Waals surface area (Å²) in [4.78, 5) is 0. The molecule has 102 valence electrons. The number of hydrogen-bond donors (Lipinski definition) is 1. The SMILES string of the molecule is CNCc1ccc(Oc2cc(OC)ccc2C#N)cc1. The van der Waals surface area contributed by atoms with E-state index in [9.17, 15) is 0 Å². The van der Waals surface area contributed by atoms with Crippen molar-refractivity contribution in [3.63, 3.8) is 0 Å². The smallest absolute Gasteiger partial charge is 0.148 e. The van der Waals surface area contributed by atoms with E-state index in [-0.39, 0.29) is 0 Å². The molecule has 0 aliphatic rings. The second-order valence-electron chi connectivity index (χ2n) is 4.25. The Morgan fingerprint density at radius 1 is 1.10 bits per heavy atom. The summed E-state index contributed by atoms with van der Waals surface area (Å²) < 4.78 is 10.9. The lowest BCUT2D eigenvalue weighted by Crippen LogP contribution is -2.04. The van der Waals surface area contributed by atoms with Crippen molar-refractivity contribution in [1.29, 1.82) is 5.26 Å². The quantitative estimate of drug-likeness (QED) is 0.905. The summed E-state index contributed by atoms with van der Waals surface area (Å²) in [6.45, 7) is 0.808. The first-order valence-corrected chi connectivity index (χ1v) is 6.26. The third-order valence-electron chi connectivity index (χ3n) is 2.84. The fourth-order valence-corrected chi connectivity index (χ4v) is 1.81. The summed E-state index contributed by atoms with van der Waals surface area (Å²) in [6.07, 6.45) is 0. The van der Waals surface area contributed by atoms with Crippen LogP contribution in [0.2, 0.25) is 0 Å². The number of rotatable bonds is 5. The van der Waals surface area contributed by atoms with Gasteiger partial charge in [-0.15, -0.1) is 0 Å². The van der Waals surface area contributed by atoms with Crippen LogP contribution in [0, 0.1) is 11.3 Å². The van der Waals surface area contributed by atoms with Gasteiger partial charge in [-0.1, -0.05) is 12.1 Å². The molecule has 1 N–H and O–H groups in total. The average Bonchev–Trinajstić information content (AvgIpc) is 2.49. The van der Waals surface area contributed by atoms with Crippen LogP contribution in [0.25, 0.3) is 0 Å². The predicted molar refractivity (Wildman–Crippen MR) is 77.0 cm³/mol. The van der Waals surface area contributed by atoms with Crippen molar-refractivity contribution in [2.24, 2.45) is 0 Å². The van der Waals surface area contributed by atoms with Crippen LogP contribution in [-0.4, -0.2) is 14.2 Å². The van der Waals surface area contributed by atoms with Crippen LogP contribution in [0.3, 0.4) is 0 Å². The van der Waals surface area contributed by atoms with Gasteiger partial charge in [0.2, 0.25) is 0 Å². The molecule has 0 radical (unpaired) electrons. The van der Waals surface area contributed by atoms with Crippen LogP contribution in [-0.2, 0) is 6.54 Å². The molecule has 2 aromatic rings. The molecule has 0 spiro atoms. The van der Waals surface area contributed by atoms with E-state index < -0.39 is 0 Å². The molecular formula is C16H16N2O2. The maximum atomic E-state index is 9.10. The molecule has 2 rings (SSSR count). The van der Waals surface area contributed by atoms with E-state index in [1.54, 1.807) is 25.3 Å². The lowest BCUT2D eigenvalue weighted by Gasteiger charge is -2.09. The average molecular weight is 268 g/mol. The monoisotopic (exact) mass is 268 g/mol. The van der Waals surface area contributed by atoms with Crippen LogP contribution in [0.1, 0.15) is 11.1 Å². The number of benzene rings is 2. The highest BCUT2D eigenvalue weighted by Gasteiger charge is 2.06. The minimum Gasteiger partial charge on any atom is -0.497 e. The second kappa shape index (κ2) is 6.60. The molecule has 0 unspecified atom stereocenters. The van der Waals surface area contributed by atoms with E-state index in [0.717, 1.165) is 6.54 Å². The molecule has 4 heteroatoms. The number of ether oxygens (including phenoxy) is 2. The van der Waals surface area contributed by atoms with Gasteiger partial charge < -0.3 is 14.8 Å². The summed E-state index contributed by atoms with van der Waals surface area (Å²) in [5, 5.41) is 12.2. The van der Waals surface area contributed by atoms with Gasteiger partial charge in [-0.2, -0.15) is 5.26 Å². The molecule has 0 saturated heterocycles. The number of methoxy groups -OCH3 is 1. The molecule has 0 aromatic heterocycles. The lowest BCUT2D eigenvalue weighted by molar-refractivity contribution is 0.409. The Hall–Kier alpha value is -2.51. The topological polar surface area (TPSA) is 54.3 Å². The van der Waals surface area contributed by atoms with E-state index in [4.69, 9.17) is 14.7 Å². The van der Waals surface area contributed by atoms with Gasteiger partial charge in [-0.25, -0.2) is 0 Å². The number of nitriles is 1. The van der Waals surface area contributed by atoms with Crippen molar-refractivity contribution in [2.75, 3.05) is 14.2 Å². The molecule has 2 aromatic carbocycles. The summed E-state index contributed by atoms with van der Waals surface area (Å²) >= 11 is 0. The third-order valence-corrected chi connectivity index (χ3v) is 2.84. The Morgan fingerprint density at radius 2 is 1.80 bits per heavy atom. The van der Waals surface area contributed by atoms with E-state index in [0.29, 0.717) is 22.8 Å². The summed E-state index contributed by atoms with van der Waals surface area (Å²) in [6, 6.07) is 15.0. The fraction of sp³-hybridized carbons (Fsp3) is 0.188. The Bertz CT molecular complexity index is 615. The fourth-order valence-electron chi connectivity index (χ4n) is 1.81. The minimum absolute atomic E-state index is 0.477. The van der Waals surface area contributed by atoms with Crippen molar-refractivity contribution in [1.82, 2.24) is 5.32 Å². The van der Waals surface area contributed by atoms with E-state index in [1.165, 1.54) is 5.56 Å². The van der Waals surface area contributed by atoms with Crippen LogP contribution in [0.15, 0.2) is 42.5 Å². The van der Waals surface area contributed by atoms with Crippen molar-refractivity contribution in [3.05, 3.63) is 53.6 Å². The zero-order valence-electron chi connectivity index (χ0n) is 11.5. The molecule has 0 aliphatic carbocycles. The maximum absolute atomic E-state index is 9.10. The molecule has 0 amide bonds. The van der Waals surface area contributed by atoms with Crippen molar-refractivity contribution < 1.29 is 9.47 Å². The number of nitrogens with one attached hydrogen (secondary N) is 1. The highest BCUT2D eigenvalue weighted by Crippen LogP contribution is 2.29. The molecule has 0 saturated carbocycles. The Kier molecular flexibility index (Phi) is 4.59. The highest BCUT2D eigenvalue weighted by atomic mass is 16.5. The zero-order chi connectivity index (χ0) is 14.4. The maximum Gasteiger partial charge on any atom is 0.148 e. The molecule has 4 nitrogen and oxygen atoms in total. The van der Waals surface area contributed by atoms with Crippen molar-refractivity contribution in [2.45, 2.75) is 6.54 Å². The van der Waals surface area contributed by atoms with E-state index in [1.807, 2.05) is 31.3 Å². The summed E-state index contributed by atoms with van der Waals surface area (Å²) in [5.41, 5.74) is 1.65. The van der Waals surface area contributed by atoms with Crippen molar-refractivity contribution in [3.8, 4) is 23.3 Å². The van der Waals surface area contributed by atoms with Gasteiger partial charge in [0.1, 0.15) is 23.3 Å². The standard InChI is InChI=1S/C16H16N2O2/c1-18-11-12-3-6-14(7-4-12)20-16-9-15(19-2)8-5-13(16)10-17/h3-9,18H,11H2,1-2H3. The molecule has 0 heterocycles. The number of hydrogen-bond acceptors (Lipinski definition) is 4. The van der Waals surface area contributed by atoms with Crippen LogP contribution in [0.4, 0.5) is 0 Å². The minimum atomic E-state index is 0.477. The second-order valence-corrected chi connectivity index (χ2v) is 4.25. The van der Waals surface area contributed by atoms with Crippen LogP contribution < -0.4 is 14.8 Å². The Balaban J connectivity index is 2.22. The van der Waals surface area contributed by atoms with Gasteiger partial charge in [-0.3, -0.25) is 0 Å². The van der Waals surface area contributed by atoms with Gasteiger partial charge in [0.25, 0.3) is 0 Å². The normalized spacial score (nSPS) is 9.85. The van der Waals surface area contributed by atoms with Gasteiger partial charge in [0.05, 0.1) is 12.7 Å². The third kappa shape index (κ3) is 3.28. The van der Waals surface area contributed by atoms with Gasteiger partial charge in [0, 0.05) is 12.6 Å². The van der Waals surface area contributed by atoms with E-state index >= 15 is 0 Å². The molecule has 0 fully saturated rings. The zero-order valence-corrected chi connectivity index (χ0v) is 11.5. The largest absolute Gasteiger partial charge is 0.497 e. The predicted octanol–water partition coefficient (Wildman–Crippen LogP) is 3.08. The van der Waals surface area contributed by atoms with E-state index in [2.05, 4.69) is 11.4 Å². The van der Waals surface area contributed by atoms with Gasteiger partial charge in [-0.05, 0) is 36.9 Å². The van der Waals surface area contributed by atoms with Gasteiger partial charge >= 0.3 is 0 Å². The Morgan fingerprint density at radius 3 is 2.40 bits per heavy atom. The summed E-state index contributed by atoms with van der Waals surface area (Å²) in [5.74, 6) is 1.84. The lowest BCUT2D eigenvalue weighted by atomic mass is 10.2. The van der Waals surface area contributed by atoms with Crippen LogP contribution in [0.5, 0.6) is 17.2 Å². The molecular weight excluding hydrogens is 252 g/mol. The first kappa shape index (κ1) is 13.9. The Labute approximate surface area is 118 Å². The molecule has 20 heavy (non-hydrogen) atoms. The molecule has 0 aliphatic heterocycles. The van der Waals surface area contributed by atoms with Crippen molar-refractivity contribution >= 4 is 0 Å². The number of nitrogens with zero attached hydrogens (tertiary/aromatic N) is 1. The van der Waals surface area contributed by atoms with Crippen LogP contribution >= 0.6 is 0 Å². The first-order valence-electron chi connectivity index (χ1n) is 6.26. The van der Waals surface area contributed by atoms with Gasteiger partial charge in [0.15, 0.2) is 0 Å².